The van der Waals surface area contributed by atoms with Gasteiger partial charge in [-0.2, -0.15) is 0 Å². The van der Waals surface area contributed by atoms with Crippen molar-refractivity contribution < 1.29 is 4.79 Å². The van der Waals surface area contributed by atoms with E-state index in [9.17, 15) is 4.79 Å². The van der Waals surface area contributed by atoms with E-state index in [-0.39, 0.29) is 5.91 Å². The molecule has 0 aromatic carbocycles. The molecule has 0 saturated carbocycles. The Kier molecular flexibility index (Phi) is 8.23. The van der Waals surface area contributed by atoms with Crippen LogP contribution in [-0.4, -0.2) is 26.8 Å². The molecule has 1 amide bonds. The second-order valence-electron chi connectivity index (χ2n) is 2.91. The highest BCUT2D eigenvalue weighted by Crippen LogP contribution is 1.96. The molecule has 0 aliphatic rings. The largest absolute Gasteiger partial charge is 0.357 e. The standard InChI is InChI=1S/C8H19BN2O/c9-7-8(12)11-6-4-2-1-3-5-10/h1-7,9-10H2,(H,11,12). The van der Waals surface area contributed by atoms with Crippen LogP contribution in [0.3, 0.4) is 0 Å². The molecule has 0 spiro atoms. The fourth-order valence-corrected chi connectivity index (χ4v) is 0.976. The minimum absolute atomic E-state index is 0.147. The van der Waals surface area contributed by atoms with Gasteiger partial charge >= 0.3 is 0 Å². The second kappa shape index (κ2) is 8.59. The normalized spacial score (nSPS) is 9.75. The van der Waals surface area contributed by atoms with Crippen molar-refractivity contribution >= 4 is 13.8 Å². The van der Waals surface area contributed by atoms with Gasteiger partial charge in [-0.05, 0) is 25.7 Å². The van der Waals surface area contributed by atoms with Crippen LogP contribution in [0.25, 0.3) is 0 Å². The van der Waals surface area contributed by atoms with Crippen molar-refractivity contribution in [3.05, 3.63) is 0 Å². The van der Waals surface area contributed by atoms with Gasteiger partial charge in [0.2, 0.25) is 5.91 Å². The second-order valence-corrected chi connectivity index (χ2v) is 2.91. The summed E-state index contributed by atoms with van der Waals surface area (Å²) >= 11 is 0. The Labute approximate surface area is 75.5 Å². The Morgan fingerprint density at radius 2 is 1.92 bits per heavy atom. The van der Waals surface area contributed by atoms with Gasteiger partial charge in [-0.1, -0.05) is 12.8 Å². The molecule has 0 bridgehead atoms. The summed E-state index contributed by atoms with van der Waals surface area (Å²) in [5.41, 5.74) is 5.34. The highest BCUT2D eigenvalue weighted by Gasteiger charge is 1.94. The van der Waals surface area contributed by atoms with E-state index in [1.165, 1.54) is 12.8 Å². The van der Waals surface area contributed by atoms with Crippen LogP contribution < -0.4 is 11.1 Å². The van der Waals surface area contributed by atoms with Crippen LogP contribution in [0.4, 0.5) is 0 Å². The minimum Gasteiger partial charge on any atom is -0.357 e. The third-order valence-corrected chi connectivity index (χ3v) is 1.77. The zero-order chi connectivity index (χ0) is 9.23. The first-order valence-corrected chi connectivity index (χ1v) is 4.78. The Morgan fingerprint density at radius 3 is 2.50 bits per heavy atom. The van der Waals surface area contributed by atoms with Gasteiger partial charge in [0.15, 0.2) is 0 Å². The van der Waals surface area contributed by atoms with Gasteiger partial charge in [0, 0.05) is 6.54 Å². The predicted molar refractivity (Wildman–Crippen MR) is 53.9 cm³/mol. The zero-order valence-electron chi connectivity index (χ0n) is 7.94. The van der Waals surface area contributed by atoms with Gasteiger partial charge in [0.25, 0.3) is 0 Å². The van der Waals surface area contributed by atoms with E-state index in [0.29, 0.717) is 6.32 Å². The lowest BCUT2D eigenvalue weighted by Crippen LogP contribution is -2.23. The number of carbonyl (C=O) groups is 1. The average molecular weight is 170 g/mol. The van der Waals surface area contributed by atoms with Crippen molar-refractivity contribution in [2.75, 3.05) is 13.1 Å². The molecule has 4 heteroatoms. The van der Waals surface area contributed by atoms with Crippen LogP contribution in [0.5, 0.6) is 0 Å². The van der Waals surface area contributed by atoms with E-state index in [2.05, 4.69) is 5.32 Å². The molecule has 0 rings (SSSR count). The third-order valence-electron chi connectivity index (χ3n) is 1.77. The van der Waals surface area contributed by atoms with E-state index in [4.69, 9.17) is 5.73 Å². The maximum absolute atomic E-state index is 10.8. The summed E-state index contributed by atoms with van der Waals surface area (Å²) < 4.78 is 0. The molecule has 70 valence electrons. The summed E-state index contributed by atoms with van der Waals surface area (Å²) in [5.74, 6) is 0.147. The fourth-order valence-electron chi connectivity index (χ4n) is 0.976. The Bertz CT molecular complexity index is 120. The molecular weight excluding hydrogens is 151 g/mol. The van der Waals surface area contributed by atoms with Crippen molar-refractivity contribution in [1.82, 2.24) is 5.32 Å². The van der Waals surface area contributed by atoms with Gasteiger partial charge < -0.3 is 11.1 Å². The molecule has 0 unspecified atom stereocenters. The monoisotopic (exact) mass is 170 g/mol. The van der Waals surface area contributed by atoms with Gasteiger partial charge in [-0.25, -0.2) is 0 Å². The van der Waals surface area contributed by atoms with Crippen LogP contribution in [0.2, 0.25) is 6.32 Å². The maximum atomic E-state index is 10.8. The summed E-state index contributed by atoms with van der Waals surface area (Å²) in [6.07, 6.45) is 5.11. The molecule has 0 aliphatic carbocycles. The van der Waals surface area contributed by atoms with Crippen LogP contribution in [0, 0.1) is 0 Å². The highest BCUT2D eigenvalue weighted by molar-refractivity contribution is 6.19. The van der Waals surface area contributed by atoms with Crippen molar-refractivity contribution in [2.45, 2.75) is 32.0 Å². The first-order valence-electron chi connectivity index (χ1n) is 4.78. The lowest BCUT2D eigenvalue weighted by Gasteiger charge is -2.02. The molecule has 12 heavy (non-hydrogen) atoms. The van der Waals surface area contributed by atoms with Gasteiger partial charge in [0.05, 0.1) is 0 Å². The van der Waals surface area contributed by atoms with E-state index >= 15 is 0 Å². The first kappa shape index (κ1) is 11.5. The SMILES string of the molecule is BCC(=O)NCCCCCCN. The quantitative estimate of drug-likeness (QED) is 0.406. The van der Waals surface area contributed by atoms with Crippen LogP contribution in [-0.2, 0) is 4.79 Å². The van der Waals surface area contributed by atoms with Crippen molar-refractivity contribution in [2.24, 2.45) is 5.73 Å². The zero-order valence-corrected chi connectivity index (χ0v) is 7.94. The fraction of sp³-hybridized carbons (Fsp3) is 0.875. The van der Waals surface area contributed by atoms with Crippen LogP contribution in [0.15, 0.2) is 0 Å². The highest BCUT2D eigenvalue weighted by atomic mass is 16.1. The molecule has 0 atom stereocenters. The number of nitrogens with two attached hydrogens (primary N) is 1. The number of carbonyl (C=O) groups excluding carboxylic acids is 1. The van der Waals surface area contributed by atoms with Crippen molar-refractivity contribution in [3.63, 3.8) is 0 Å². The topological polar surface area (TPSA) is 55.1 Å². The van der Waals surface area contributed by atoms with Gasteiger partial charge in [0.1, 0.15) is 7.85 Å². The Balaban J connectivity index is 2.95. The number of amides is 1. The van der Waals surface area contributed by atoms with Crippen molar-refractivity contribution in [3.8, 4) is 0 Å². The summed E-state index contributed by atoms with van der Waals surface area (Å²) in [7, 11) is 1.86. The van der Waals surface area contributed by atoms with Crippen LogP contribution >= 0.6 is 0 Å². The first-order chi connectivity index (χ1) is 5.81. The number of nitrogens with one attached hydrogen (secondary N) is 1. The lowest BCUT2D eigenvalue weighted by molar-refractivity contribution is -0.118. The number of hydrogen-bond acceptors (Lipinski definition) is 2. The van der Waals surface area contributed by atoms with E-state index in [1.807, 2.05) is 7.85 Å². The Hall–Kier alpha value is -0.505. The molecule has 0 aromatic heterocycles. The Morgan fingerprint density at radius 1 is 1.25 bits per heavy atom. The summed E-state index contributed by atoms with van der Waals surface area (Å²) in [5, 5.41) is 2.84. The average Bonchev–Trinajstić information content (AvgIpc) is 2.10. The molecule has 3 nitrogen and oxygen atoms in total. The van der Waals surface area contributed by atoms with Crippen molar-refractivity contribution in [1.29, 1.82) is 0 Å². The van der Waals surface area contributed by atoms with Gasteiger partial charge in [-0.15, -0.1) is 0 Å². The van der Waals surface area contributed by atoms with E-state index in [1.54, 1.807) is 0 Å². The molecule has 0 aromatic rings. The number of rotatable bonds is 7. The van der Waals surface area contributed by atoms with E-state index < -0.39 is 0 Å². The summed E-state index contributed by atoms with van der Waals surface area (Å²) in [4.78, 5) is 10.8. The molecule has 0 saturated heterocycles. The van der Waals surface area contributed by atoms with Gasteiger partial charge in [-0.3, -0.25) is 4.79 Å². The maximum Gasteiger partial charge on any atom is 0.212 e. The lowest BCUT2D eigenvalue weighted by atomic mass is 10.1. The molecular formula is C8H19BN2O. The molecule has 3 N–H and O–H groups in total. The van der Waals surface area contributed by atoms with Crippen LogP contribution in [0.1, 0.15) is 25.7 Å². The molecule has 0 heterocycles. The minimum atomic E-state index is 0.147. The predicted octanol–water partition coefficient (Wildman–Crippen LogP) is -0.327. The van der Waals surface area contributed by atoms with E-state index in [0.717, 1.165) is 25.9 Å². The molecule has 0 aliphatic heterocycles. The molecule has 0 fully saturated rings. The smallest absolute Gasteiger partial charge is 0.212 e. The number of hydrogen-bond donors (Lipinski definition) is 2. The molecule has 0 radical (unpaired) electrons. The number of unbranched alkanes of at least 4 members (excludes halogenated alkanes) is 3. The summed E-state index contributed by atoms with van der Waals surface area (Å²) in [6.45, 7) is 1.60. The summed E-state index contributed by atoms with van der Waals surface area (Å²) in [6, 6.07) is 0. The third kappa shape index (κ3) is 7.60.